The van der Waals surface area contributed by atoms with Gasteiger partial charge in [0.2, 0.25) is 0 Å². The number of amides is 1. The number of hydroxylamine groups is 1. The normalized spacial score (nSPS) is 11.6. The van der Waals surface area contributed by atoms with Gasteiger partial charge in [-0.25, -0.2) is 13.9 Å². The van der Waals surface area contributed by atoms with Gasteiger partial charge in [0.15, 0.2) is 0 Å². The third-order valence-electron chi connectivity index (χ3n) is 4.71. The highest BCUT2D eigenvalue weighted by atomic mass is 32.2. The third-order valence-corrected chi connectivity index (χ3v) is 6.51. The fourth-order valence-electron chi connectivity index (χ4n) is 3.03. The Hall–Kier alpha value is -3.62. The fourth-order valence-corrected chi connectivity index (χ4v) is 4.22. The zero-order valence-corrected chi connectivity index (χ0v) is 17.8. The number of hydrogen-bond acceptors (Lipinski definition) is 5. The summed E-state index contributed by atoms with van der Waals surface area (Å²) < 4.78 is 32.4. The zero-order chi connectivity index (χ0) is 22.4. The van der Waals surface area contributed by atoms with Crippen molar-refractivity contribution in [1.82, 2.24) is 5.48 Å². The van der Waals surface area contributed by atoms with Gasteiger partial charge < -0.3 is 4.74 Å². The van der Waals surface area contributed by atoms with Crippen molar-refractivity contribution in [3.8, 4) is 5.75 Å². The molecule has 3 aromatic carbocycles. The number of carbonyl (C=O) groups is 1. The number of nitrogens with zero attached hydrogens (tertiary/aromatic N) is 1. The number of ether oxygens (including phenoxy) is 1. The largest absolute Gasteiger partial charge is 0.497 e. The lowest BCUT2D eigenvalue weighted by Crippen LogP contribution is -2.26. The van der Waals surface area contributed by atoms with E-state index < -0.39 is 15.9 Å². The van der Waals surface area contributed by atoms with E-state index in [0.717, 1.165) is 5.56 Å². The van der Waals surface area contributed by atoms with Crippen LogP contribution in [0.1, 0.15) is 11.1 Å². The second kappa shape index (κ2) is 9.46. The molecule has 0 aromatic heterocycles. The van der Waals surface area contributed by atoms with Crippen LogP contribution in [0.3, 0.4) is 0 Å². The van der Waals surface area contributed by atoms with E-state index >= 15 is 0 Å². The van der Waals surface area contributed by atoms with Crippen molar-refractivity contribution in [2.75, 3.05) is 18.5 Å². The van der Waals surface area contributed by atoms with Crippen molar-refractivity contribution in [2.24, 2.45) is 0 Å². The molecule has 0 aliphatic heterocycles. The summed E-state index contributed by atoms with van der Waals surface area (Å²) in [5.74, 6) is -0.133. The molecule has 0 radical (unpaired) electrons. The third kappa shape index (κ3) is 4.93. The molecule has 3 rings (SSSR count). The standard InChI is InChI=1S/C23H22N2O5S/c1-25(31(28,29)21-13-11-20(30-2)12-14-21)19-10-6-9-18(15-19)22(16-23(26)24-27)17-7-4-3-5-8-17/h3-16,27H,1-2H3,(H,24,26). The second-order valence-electron chi connectivity index (χ2n) is 6.60. The first-order valence-electron chi connectivity index (χ1n) is 9.31. The van der Waals surface area contributed by atoms with E-state index in [-0.39, 0.29) is 4.90 Å². The summed E-state index contributed by atoms with van der Waals surface area (Å²) in [5, 5.41) is 8.95. The predicted molar refractivity (Wildman–Crippen MR) is 118 cm³/mol. The topological polar surface area (TPSA) is 95.9 Å². The van der Waals surface area contributed by atoms with Crippen molar-refractivity contribution < 1.29 is 23.2 Å². The van der Waals surface area contributed by atoms with E-state index in [0.29, 0.717) is 22.6 Å². The van der Waals surface area contributed by atoms with Gasteiger partial charge in [0.25, 0.3) is 15.9 Å². The average Bonchev–Trinajstić information content (AvgIpc) is 2.82. The molecular formula is C23H22N2O5S. The number of methoxy groups -OCH3 is 1. The molecule has 0 bridgehead atoms. The maximum absolute atomic E-state index is 13.1. The van der Waals surface area contributed by atoms with Gasteiger partial charge >= 0.3 is 0 Å². The Balaban J connectivity index is 2.02. The van der Waals surface area contributed by atoms with Crippen LogP contribution >= 0.6 is 0 Å². The van der Waals surface area contributed by atoms with Crippen molar-refractivity contribution >= 4 is 27.2 Å². The van der Waals surface area contributed by atoms with Gasteiger partial charge in [-0.2, -0.15) is 0 Å². The number of anilines is 1. The molecule has 2 N–H and O–H groups in total. The Morgan fingerprint density at radius 1 is 0.968 bits per heavy atom. The Kier molecular flexibility index (Phi) is 6.74. The lowest BCUT2D eigenvalue weighted by atomic mass is 9.97. The molecule has 0 atom stereocenters. The summed E-state index contributed by atoms with van der Waals surface area (Å²) in [6, 6.07) is 22.1. The highest BCUT2D eigenvalue weighted by Crippen LogP contribution is 2.29. The number of benzene rings is 3. The van der Waals surface area contributed by atoms with Gasteiger partial charge in [-0.1, -0.05) is 42.5 Å². The first-order valence-corrected chi connectivity index (χ1v) is 10.8. The molecule has 8 heteroatoms. The minimum Gasteiger partial charge on any atom is -0.497 e. The SMILES string of the molecule is COc1ccc(S(=O)(=O)N(C)c2cccc(C(=CC(=O)NO)c3ccccc3)c2)cc1. The number of hydrogen-bond donors (Lipinski definition) is 2. The maximum Gasteiger partial charge on any atom is 0.267 e. The molecule has 0 aliphatic carbocycles. The summed E-state index contributed by atoms with van der Waals surface area (Å²) in [7, 11) is -0.840. The minimum absolute atomic E-state index is 0.125. The van der Waals surface area contributed by atoms with Gasteiger partial charge in [-0.3, -0.25) is 14.3 Å². The highest BCUT2D eigenvalue weighted by Gasteiger charge is 2.22. The van der Waals surface area contributed by atoms with Gasteiger partial charge in [-0.15, -0.1) is 0 Å². The summed E-state index contributed by atoms with van der Waals surface area (Å²) in [5.41, 5.74) is 3.90. The lowest BCUT2D eigenvalue weighted by molar-refractivity contribution is -0.124. The first kappa shape index (κ1) is 22.1. The van der Waals surface area contributed by atoms with E-state index in [9.17, 15) is 13.2 Å². The van der Waals surface area contributed by atoms with Gasteiger partial charge in [0, 0.05) is 13.1 Å². The van der Waals surface area contributed by atoms with E-state index in [1.807, 2.05) is 30.3 Å². The lowest BCUT2D eigenvalue weighted by Gasteiger charge is -2.21. The minimum atomic E-state index is -3.81. The Bertz CT molecular complexity index is 1190. The van der Waals surface area contributed by atoms with Crippen LogP contribution in [0.15, 0.2) is 89.8 Å². The van der Waals surface area contributed by atoms with Crippen LogP contribution in [0.2, 0.25) is 0 Å². The molecule has 0 aliphatic rings. The molecule has 31 heavy (non-hydrogen) atoms. The smallest absolute Gasteiger partial charge is 0.267 e. The van der Waals surface area contributed by atoms with E-state index in [1.54, 1.807) is 41.9 Å². The molecule has 160 valence electrons. The quantitative estimate of drug-likeness (QED) is 0.335. The molecule has 0 unspecified atom stereocenters. The predicted octanol–water partition coefficient (Wildman–Crippen LogP) is 3.46. The highest BCUT2D eigenvalue weighted by molar-refractivity contribution is 7.92. The van der Waals surface area contributed by atoms with Gasteiger partial charge in [0.1, 0.15) is 5.75 Å². The number of rotatable bonds is 7. The average molecular weight is 439 g/mol. The van der Waals surface area contributed by atoms with E-state index in [2.05, 4.69) is 0 Å². The molecule has 0 fully saturated rings. The summed E-state index contributed by atoms with van der Waals surface area (Å²) in [6.07, 6.45) is 1.26. The van der Waals surface area contributed by atoms with Crippen molar-refractivity contribution in [3.05, 3.63) is 96.1 Å². The van der Waals surface area contributed by atoms with Gasteiger partial charge in [0.05, 0.1) is 17.7 Å². The molecule has 0 saturated carbocycles. The number of sulfonamides is 1. The van der Waals surface area contributed by atoms with Crippen LogP contribution in [-0.4, -0.2) is 33.7 Å². The summed E-state index contributed by atoms with van der Waals surface area (Å²) in [4.78, 5) is 12.0. The van der Waals surface area contributed by atoms with Gasteiger partial charge in [-0.05, 0) is 53.1 Å². The number of carbonyl (C=O) groups excluding carboxylic acids is 1. The van der Waals surface area contributed by atoms with E-state index in [4.69, 9.17) is 9.94 Å². The monoisotopic (exact) mass is 438 g/mol. The Morgan fingerprint density at radius 3 is 2.23 bits per heavy atom. The van der Waals surface area contributed by atoms with Crippen LogP contribution in [0.4, 0.5) is 5.69 Å². The van der Waals surface area contributed by atoms with Crippen LogP contribution in [-0.2, 0) is 14.8 Å². The van der Waals surface area contributed by atoms with Crippen LogP contribution in [0.25, 0.3) is 5.57 Å². The van der Waals surface area contributed by atoms with Crippen LogP contribution in [0, 0.1) is 0 Å². The molecule has 0 heterocycles. The molecule has 7 nitrogen and oxygen atoms in total. The first-order chi connectivity index (χ1) is 14.9. The summed E-state index contributed by atoms with van der Waals surface area (Å²) in [6.45, 7) is 0. The van der Waals surface area contributed by atoms with Crippen LogP contribution < -0.4 is 14.5 Å². The van der Waals surface area contributed by atoms with Crippen molar-refractivity contribution in [1.29, 1.82) is 0 Å². The molecule has 0 saturated heterocycles. The zero-order valence-electron chi connectivity index (χ0n) is 17.0. The number of nitrogens with one attached hydrogen (secondary N) is 1. The van der Waals surface area contributed by atoms with Crippen molar-refractivity contribution in [3.63, 3.8) is 0 Å². The Labute approximate surface area is 181 Å². The second-order valence-corrected chi connectivity index (χ2v) is 8.57. The molecule has 0 spiro atoms. The maximum atomic E-state index is 13.1. The fraction of sp³-hybridized carbons (Fsp3) is 0.0870. The van der Waals surface area contributed by atoms with Crippen LogP contribution in [0.5, 0.6) is 5.75 Å². The molecular weight excluding hydrogens is 416 g/mol. The Morgan fingerprint density at radius 2 is 1.61 bits per heavy atom. The van der Waals surface area contributed by atoms with E-state index in [1.165, 1.54) is 36.7 Å². The summed E-state index contributed by atoms with van der Waals surface area (Å²) >= 11 is 0. The molecule has 3 aromatic rings. The van der Waals surface area contributed by atoms with Crippen molar-refractivity contribution in [2.45, 2.75) is 4.90 Å². The molecule has 1 amide bonds.